The van der Waals surface area contributed by atoms with Crippen molar-refractivity contribution in [3.63, 3.8) is 0 Å². The van der Waals surface area contributed by atoms with Crippen LogP contribution < -0.4 is 10.6 Å². The third-order valence-electron chi connectivity index (χ3n) is 4.85. The second-order valence-electron chi connectivity index (χ2n) is 8.81. The zero-order valence-electron chi connectivity index (χ0n) is 22.7. The number of alkyl carbamates (subject to hydrolysis) is 1. The summed E-state index contributed by atoms with van der Waals surface area (Å²) in [7, 11) is 0. The van der Waals surface area contributed by atoms with E-state index in [4.69, 9.17) is 9.53 Å². The van der Waals surface area contributed by atoms with Crippen molar-refractivity contribution < 1.29 is 40.7 Å². The van der Waals surface area contributed by atoms with Crippen molar-refractivity contribution in [1.29, 1.82) is 0 Å². The number of rotatable bonds is 4. The van der Waals surface area contributed by atoms with Crippen LogP contribution in [0.5, 0.6) is 0 Å². The summed E-state index contributed by atoms with van der Waals surface area (Å²) < 4.78 is 83.6. The monoisotopic (exact) mass is 632 g/mol. The molecule has 1 amide bonds. The van der Waals surface area contributed by atoms with Gasteiger partial charge in [0.05, 0.1) is 5.69 Å². The molecule has 39 heavy (non-hydrogen) atoms. The SMILES string of the molecule is C=O.CC.CCC(Cc1cc(F)c(F)cc1F)NC(=O)OC(C)(C)C.FC(F)(F)c1nc(Br)c2n1CCNC2. The molecule has 2 heterocycles. The van der Waals surface area contributed by atoms with Crippen LogP contribution in [0.4, 0.5) is 31.1 Å². The molecule has 2 aromatic rings. The predicted octanol–water partition coefficient (Wildman–Crippen LogP) is 6.56. The van der Waals surface area contributed by atoms with Crippen LogP contribution >= 0.6 is 15.9 Å². The number of nitrogens with zero attached hydrogens (tertiary/aromatic N) is 2. The summed E-state index contributed by atoms with van der Waals surface area (Å²) in [4.78, 5) is 23.1. The van der Waals surface area contributed by atoms with Crippen molar-refractivity contribution in [3.05, 3.63) is 51.3 Å². The van der Waals surface area contributed by atoms with Gasteiger partial charge in [-0.2, -0.15) is 13.2 Å². The molecule has 7 nitrogen and oxygen atoms in total. The molecule has 14 heteroatoms. The molecule has 3 rings (SSSR count). The largest absolute Gasteiger partial charge is 0.449 e. The highest BCUT2D eigenvalue weighted by atomic mass is 79.9. The molecule has 1 aliphatic rings. The van der Waals surface area contributed by atoms with Gasteiger partial charge in [0.2, 0.25) is 5.82 Å². The second kappa shape index (κ2) is 16.5. The number of halogens is 7. The molecule has 0 fully saturated rings. The van der Waals surface area contributed by atoms with Crippen LogP contribution in [0.15, 0.2) is 16.7 Å². The van der Waals surface area contributed by atoms with Crippen molar-refractivity contribution in [3.8, 4) is 0 Å². The van der Waals surface area contributed by atoms with Gasteiger partial charge in [-0.05, 0) is 61.2 Å². The van der Waals surface area contributed by atoms with Crippen LogP contribution in [0.3, 0.4) is 0 Å². The quantitative estimate of drug-likeness (QED) is 0.295. The maximum Gasteiger partial charge on any atom is 0.449 e. The molecule has 1 aromatic heterocycles. The summed E-state index contributed by atoms with van der Waals surface area (Å²) in [6.45, 7) is 14.2. The van der Waals surface area contributed by atoms with Crippen LogP contribution in [0, 0.1) is 17.5 Å². The fraction of sp³-hybridized carbons (Fsp3) is 0.560. The lowest BCUT2D eigenvalue weighted by Crippen LogP contribution is -2.40. The molecule has 0 aliphatic carbocycles. The van der Waals surface area contributed by atoms with E-state index in [0.717, 1.165) is 6.07 Å². The van der Waals surface area contributed by atoms with Gasteiger partial charge in [-0.15, -0.1) is 0 Å². The second-order valence-corrected chi connectivity index (χ2v) is 9.56. The van der Waals surface area contributed by atoms with E-state index in [1.807, 2.05) is 20.6 Å². The Bertz CT molecular complexity index is 1060. The van der Waals surface area contributed by atoms with E-state index < -0.39 is 47.2 Å². The number of imidazole rings is 1. The fourth-order valence-corrected chi connectivity index (χ4v) is 3.76. The predicted molar refractivity (Wildman–Crippen MR) is 139 cm³/mol. The number of aromatic nitrogens is 2. The van der Waals surface area contributed by atoms with E-state index in [9.17, 15) is 31.1 Å². The lowest BCUT2D eigenvalue weighted by molar-refractivity contribution is -0.147. The van der Waals surface area contributed by atoms with Crippen LogP contribution in [-0.2, 0) is 35.2 Å². The number of carbonyl (C=O) groups excluding carboxylic acids is 2. The van der Waals surface area contributed by atoms with Crippen LogP contribution in [0.1, 0.15) is 65.0 Å². The highest BCUT2D eigenvalue weighted by Crippen LogP contribution is 2.32. The maximum absolute atomic E-state index is 13.6. The van der Waals surface area contributed by atoms with Gasteiger partial charge in [-0.25, -0.2) is 22.9 Å². The number of benzene rings is 1. The first-order valence-corrected chi connectivity index (χ1v) is 12.9. The molecule has 0 radical (unpaired) electrons. The third kappa shape index (κ3) is 12.0. The van der Waals surface area contributed by atoms with Crippen LogP contribution in [0.25, 0.3) is 0 Å². The zero-order chi connectivity index (χ0) is 30.6. The molecule has 1 aliphatic heterocycles. The van der Waals surface area contributed by atoms with Crippen molar-refractivity contribution in [2.75, 3.05) is 6.54 Å². The average molecular weight is 633 g/mol. The molecular formula is C25H35BrF6N4O3. The zero-order valence-corrected chi connectivity index (χ0v) is 24.3. The van der Waals surface area contributed by atoms with Gasteiger partial charge in [0.25, 0.3) is 0 Å². The fourth-order valence-electron chi connectivity index (χ4n) is 3.24. The average Bonchev–Trinajstić information content (AvgIpc) is 3.21. The van der Waals surface area contributed by atoms with Crippen molar-refractivity contribution in [2.24, 2.45) is 0 Å². The topological polar surface area (TPSA) is 85.2 Å². The summed E-state index contributed by atoms with van der Waals surface area (Å²) in [5, 5.41) is 5.58. The number of amides is 1. The minimum Gasteiger partial charge on any atom is -0.444 e. The van der Waals surface area contributed by atoms with Crippen molar-refractivity contribution >= 4 is 28.8 Å². The molecule has 0 saturated heterocycles. The Balaban J connectivity index is 0.000000692. The van der Waals surface area contributed by atoms with E-state index >= 15 is 0 Å². The minimum absolute atomic E-state index is 0.0109. The van der Waals surface area contributed by atoms with Gasteiger partial charge in [-0.1, -0.05) is 20.8 Å². The van der Waals surface area contributed by atoms with Gasteiger partial charge in [0.15, 0.2) is 11.6 Å². The van der Waals surface area contributed by atoms with Gasteiger partial charge in [-0.3, -0.25) is 0 Å². The first kappa shape index (κ1) is 36.4. The van der Waals surface area contributed by atoms with E-state index in [1.54, 1.807) is 27.7 Å². The molecule has 0 saturated carbocycles. The summed E-state index contributed by atoms with van der Waals surface area (Å²) in [5.41, 5.74) is -0.0734. The number of alkyl halides is 3. The van der Waals surface area contributed by atoms with E-state index in [-0.39, 0.29) is 16.6 Å². The standard InChI is InChI=1S/C15H20F3NO2.C7H7BrF3N3.C2H6.CH2O/c1-5-10(19-14(20)21-15(2,3)4)6-9-7-12(17)13(18)8-11(9)16;8-5-4-3-12-1-2-14(4)6(13-5)7(9,10)11;2*1-2/h7-8,10H,5-6H2,1-4H3,(H,19,20);12H,1-3H2;1-2H3;1H2. The Labute approximate surface area is 232 Å². The number of fused-ring (bicyclic) bond motifs is 1. The smallest absolute Gasteiger partial charge is 0.444 e. The lowest BCUT2D eigenvalue weighted by atomic mass is 10.0. The first-order chi connectivity index (χ1) is 18.1. The molecule has 0 bridgehead atoms. The number of nitrogens with one attached hydrogen (secondary N) is 2. The van der Waals surface area contributed by atoms with E-state index in [2.05, 4.69) is 31.5 Å². The lowest BCUT2D eigenvalue weighted by Gasteiger charge is -2.23. The van der Waals surface area contributed by atoms with E-state index in [0.29, 0.717) is 37.8 Å². The van der Waals surface area contributed by atoms with Crippen LogP contribution in [0.2, 0.25) is 0 Å². The number of ether oxygens (including phenoxy) is 1. The molecule has 0 spiro atoms. The normalized spacial score (nSPS) is 13.3. The van der Waals surface area contributed by atoms with Gasteiger partial charge in [0.1, 0.15) is 22.8 Å². The van der Waals surface area contributed by atoms with E-state index in [1.165, 1.54) is 4.57 Å². The summed E-state index contributed by atoms with van der Waals surface area (Å²) >= 11 is 3.02. The molecule has 1 atom stereocenters. The Morgan fingerprint density at radius 1 is 1.15 bits per heavy atom. The molecular weight excluding hydrogens is 598 g/mol. The molecule has 1 unspecified atom stereocenters. The van der Waals surface area contributed by atoms with Crippen molar-refractivity contribution in [1.82, 2.24) is 20.2 Å². The first-order valence-electron chi connectivity index (χ1n) is 12.1. The summed E-state index contributed by atoms with van der Waals surface area (Å²) in [6.07, 6.45) is -4.45. The number of hydrogen-bond donors (Lipinski definition) is 2. The minimum atomic E-state index is -4.38. The highest BCUT2D eigenvalue weighted by molar-refractivity contribution is 9.10. The van der Waals surface area contributed by atoms with Gasteiger partial charge in [0, 0.05) is 31.7 Å². The summed E-state index contributed by atoms with van der Waals surface area (Å²) in [6, 6.07) is 0.883. The molecule has 222 valence electrons. The van der Waals surface area contributed by atoms with Crippen molar-refractivity contribution in [2.45, 2.75) is 85.3 Å². The Kier molecular flexibility index (Phi) is 15.4. The Morgan fingerprint density at radius 3 is 2.23 bits per heavy atom. The highest BCUT2D eigenvalue weighted by Gasteiger charge is 2.39. The molecule has 2 N–H and O–H groups in total. The van der Waals surface area contributed by atoms with Gasteiger partial charge >= 0.3 is 12.3 Å². The van der Waals surface area contributed by atoms with Gasteiger partial charge < -0.3 is 24.7 Å². The third-order valence-corrected chi connectivity index (χ3v) is 5.49. The maximum atomic E-state index is 13.6. The Hall–Kier alpha value is -2.61. The summed E-state index contributed by atoms with van der Waals surface area (Å²) in [5.74, 6) is -4.00. The van der Waals surface area contributed by atoms with Crippen LogP contribution in [-0.4, -0.2) is 40.6 Å². The number of hydrogen-bond acceptors (Lipinski definition) is 5. The Morgan fingerprint density at radius 2 is 1.72 bits per heavy atom. The number of carbonyl (C=O) groups is 2. The molecule has 1 aromatic carbocycles.